The zero-order valence-corrected chi connectivity index (χ0v) is 12.2. The monoisotopic (exact) mass is 316 g/mol. The number of hydrogen-bond acceptors (Lipinski definition) is 3. The minimum absolute atomic E-state index is 0.0579. The van der Waals surface area contributed by atoms with Gasteiger partial charge < -0.3 is 15.3 Å². The molecule has 1 saturated heterocycles. The van der Waals surface area contributed by atoms with Gasteiger partial charge in [-0.3, -0.25) is 4.79 Å². The molecule has 1 aliphatic rings. The van der Waals surface area contributed by atoms with Crippen LogP contribution in [0.2, 0.25) is 0 Å². The summed E-state index contributed by atoms with van der Waals surface area (Å²) in [5.41, 5.74) is 1.70. The highest BCUT2D eigenvalue weighted by Crippen LogP contribution is 2.23. The van der Waals surface area contributed by atoms with E-state index in [9.17, 15) is 18.0 Å². The van der Waals surface area contributed by atoms with Crippen LogP contribution in [0.4, 0.5) is 13.2 Å². The van der Waals surface area contributed by atoms with Crippen molar-refractivity contribution in [2.24, 2.45) is 0 Å². The Kier molecular flexibility index (Phi) is 5.08. The number of nitrogens with one attached hydrogen (secondary N) is 1. The highest BCUT2D eigenvalue weighted by molar-refractivity contribution is 5.79. The van der Waals surface area contributed by atoms with Gasteiger partial charge in [-0.05, 0) is 18.1 Å². The first kappa shape index (κ1) is 16.8. The van der Waals surface area contributed by atoms with Gasteiger partial charge in [-0.2, -0.15) is 13.2 Å². The molecular formula is C15H19F3N2O2. The lowest BCUT2D eigenvalue weighted by atomic mass is 10.0. The number of aliphatic hydroxyl groups excluding tert-OH is 1. The third kappa shape index (κ3) is 4.45. The Morgan fingerprint density at radius 2 is 2.18 bits per heavy atom. The molecule has 2 atom stereocenters. The van der Waals surface area contributed by atoms with Crippen molar-refractivity contribution >= 4 is 5.91 Å². The van der Waals surface area contributed by atoms with Gasteiger partial charge in [0.25, 0.3) is 0 Å². The first-order valence-corrected chi connectivity index (χ1v) is 7.09. The Morgan fingerprint density at radius 3 is 2.82 bits per heavy atom. The van der Waals surface area contributed by atoms with Crippen LogP contribution in [0.1, 0.15) is 30.5 Å². The van der Waals surface area contributed by atoms with Crippen LogP contribution in [0.25, 0.3) is 0 Å². The van der Waals surface area contributed by atoms with E-state index in [1.165, 1.54) is 0 Å². The van der Waals surface area contributed by atoms with Crippen molar-refractivity contribution in [3.63, 3.8) is 0 Å². The van der Waals surface area contributed by atoms with Crippen LogP contribution in [0, 0.1) is 0 Å². The van der Waals surface area contributed by atoms with Gasteiger partial charge in [0.05, 0.1) is 6.61 Å². The Bertz CT molecular complexity index is 534. The molecule has 1 fully saturated rings. The molecule has 22 heavy (non-hydrogen) atoms. The van der Waals surface area contributed by atoms with Crippen molar-refractivity contribution in [1.82, 2.24) is 10.2 Å². The molecule has 0 aliphatic carbocycles. The van der Waals surface area contributed by atoms with E-state index in [1.54, 1.807) is 6.07 Å². The van der Waals surface area contributed by atoms with Crippen molar-refractivity contribution < 1.29 is 23.1 Å². The first-order valence-electron chi connectivity index (χ1n) is 7.09. The second-order valence-corrected chi connectivity index (χ2v) is 5.58. The molecule has 2 unspecified atom stereocenters. The number of halogens is 3. The predicted molar refractivity (Wildman–Crippen MR) is 75.0 cm³/mol. The Balaban J connectivity index is 1.95. The lowest BCUT2D eigenvalue weighted by Gasteiger charge is -2.21. The van der Waals surface area contributed by atoms with E-state index >= 15 is 0 Å². The van der Waals surface area contributed by atoms with Crippen LogP contribution < -0.4 is 5.32 Å². The number of benzene rings is 1. The fraction of sp³-hybridized carbons (Fsp3) is 0.533. The molecule has 7 heteroatoms. The summed E-state index contributed by atoms with van der Waals surface area (Å²) >= 11 is 0. The number of rotatable bonds is 5. The van der Waals surface area contributed by atoms with E-state index in [0.717, 1.165) is 16.0 Å². The Labute approximate surface area is 126 Å². The number of alkyl halides is 3. The van der Waals surface area contributed by atoms with E-state index in [2.05, 4.69) is 5.32 Å². The Morgan fingerprint density at radius 1 is 1.45 bits per heavy atom. The highest BCUT2D eigenvalue weighted by atomic mass is 19.4. The number of hydrogen-bond donors (Lipinski definition) is 2. The predicted octanol–water partition coefficient (Wildman–Crippen LogP) is 1.99. The molecule has 0 spiro atoms. The molecule has 1 aliphatic heterocycles. The molecular weight excluding hydrogens is 297 g/mol. The third-order valence-electron chi connectivity index (χ3n) is 3.70. The minimum Gasteiger partial charge on any atom is -0.392 e. The molecule has 1 aromatic carbocycles. The van der Waals surface area contributed by atoms with E-state index < -0.39 is 18.6 Å². The third-order valence-corrected chi connectivity index (χ3v) is 3.70. The number of nitrogens with zero attached hydrogens (tertiary/aromatic N) is 1. The molecule has 4 nitrogen and oxygen atoms in total. The SMILES string of the molecule is CC(NC1CC(=O)N(CC(F)(F)F)C1)c1cccc(CO)c1. The van der Waals surface area contributed by atoms with Gasteiger partial charge in [0.15, 0.2) is 0 Å². The van der Waals surface area contributed by atoms with E-state index in [0.29, 0.717) is 0 Å². The van der Waals surface area contributed by atoms with Gasteiger partial charge >= 0.3 is 6.18 Å². The van der Waals surface area contributed by atoms with Crippen molar-refractivity contribution in [2.45, 2.75) is 38.2 Å². The number of likely N-dealkylation sites (tertiary alicyclic amines) is 1. The van der Waals surface area contributed by atoms with E-state index in [1.807, 2.05) is 25.1 Å². The quantitative estimate of drug-likeness (QED) is 0.873. The van der Waals surface area contributed by atoms with Crippen molar-refractivity contribution in [3.8, 4) is 0 Å². The molecule has 0 aromatic heterocycles. The summed E-state index contributed by atoms with van der Waals surface area (Å²) in [4.78, 5) is 12.5. The largest absolute Gasteiger partial charge is 0.406 e. The van der Waals surface area contributed by atoms with Gasteiger partial charge in [-0.1, -0.05) is 24.3 Å². The number of carbonyl (C=O) groups excluding carboxylic acids is 1. The van der Waals surface area contributed by atoms with Crippen molar-refractivity contribution in [2.75, 3.05) is 13.1 Å². The van der Waals surface area contributed by atoms with E-state index in [-0.39, 0.29) is 31.7 Å². The number of amides is 1. The molecule has 122 valence electrons. The van der Waals surface area contributed by atoms with E-state index in [4.69, 9.17) is 5.11 Å². The molecule has 1 amide bonds. The summed E-state index contributed by atoms with van der Waals surface area (Å²) in [6.45, 7) is 0.677. The number of aliphatic hydroxyl groups is 1. The van der Waals surface area contributed by atoms with Crippen LogP contribution in [0.5, 0.6) is 0 Å². The summed E-state index contributed by atoms with van der Waals surface area (Å²) in [7, 11) is 0. The second-order valence-electron chi connectivity index (χ2n) is 5.58. The average Bonchev–Trinajstić information content (AvgIpc) is 2.76. The normalized spacial score (nSPS) is 20.5. The lowest BCUT2D eigenvalue weighted by Crippen LogP contribution is -2.38. The van der Waals surface area contributed by atoms with Crippen LogP contribution in [0.15, 0.2) is 24.3 Å². The van der Waals surface area contributed by atoms with Gasteiger partial charge in [0.1, 0.15) is 6.54 Å². The smallest absolute Gasteiger partial charge is 0.392 e. The zero-order chi connectivity index (χ0) is 16.3. The lowest BCUT2D eigenvalue weighted by molar-refractivity contribution is -0.157. The topological polar surface area (TPSA) is 52.6 Å². The zero-order valence-electron chi connectivity index (χ0n) is 12.2. The molecule has 2 rings (SSSR count). The summed E-state index contributed by atoms with van der Waals surface area (Å²) in [6, 6.07) is 6.90. The fourth-order valence-electron chi connectivity index (χ4n) is 2.66. The maximum atomic E-state index is 12.4. The molecule has 2 N–H and O–H groups in total. The van der Waals surface area contributed by atoms with Crippen LogP contribution in [0.3, 0.4) is 0 Å². The first-order chi connectivity index (χ1) is 10.3. The molecule has 1 heterocycles. The second kappa shape index (κ2) is 6.66. The number of carbonyl (C=O) groups is 1. The molecule has 1 aromatic rings. The maximum absolute atomic E-state index is 12.4. The minimum atomic E-state index is -4.37. The van der Waals surface area contributed by atoms with Crippen molar-refractivity contribution in [3.05, 3.63) is 35.4 Å². The molecule has 0 saturated carbocycles. The molecule has 0 bridgehead atoms. The summed E-state index contributed by atoms with van der Waals surface area (Å²) in [5, 5.41) is 12.3. The van der Waals surface area contributed by atoms with Crippen LogP contribution >= 0.6 is 0 Å². The van der Waals surface area contributed by atoms with Gasteiger partial charge in [-0.25, -0.2) is 0 Å². The van der Waals surface area contributed by atoms with Gasteiger partial charge in [0.2, 0.25) is 5.91 Å². The summed E-state index contributed by atoms with van der Waals surface area (Å²) in [5.74, 6) is -0.480. The molecule has 0 radical (unpaired) electrons. The standard InChI is InChI=1S/C15H19F3N2O2/c1-10(12-4-2-3-11(5-12)8-21)19-13-6-14(22)20(7-13)9-15(16,17)18/h2-5,10,13,19,21H,6-9H2,1H3. The van der Waals surface area contributed by atoms with Crippen molar-refractivity contribution in [1.29, 1.82) is 0 Å². The highest BCUT2D eigenvalue weighted by Gasteiger charge is 2.38. The van der Waals surface area contributed by atoms with Crippen LogP contribution in [-0.4, -0.2) is 41.2 Å². The van der Waals surface area contributed by atoms with Gasteiger partial charge in [0, 0.05) is 25.0 Å². The average molecular weight is 316 g/mol. The summed E-state index contributed by atoms with van der Waals surface area (Å²) < 4.78 is 37.1. The fourth-order valence-corrected chi connectivity index (χ4v) is 2.66. The summed E-state index contributed by atoms with van der Waals surface area (Å²) in [6.07, 6.45) is -4.30. The Hall–Kier alpha value is -1.60. The maximum Gasteiger partial charge on any atom is 0.406 e. The van der Waals surface area contributed by atoms with Gasteiger partial charge in [-0.15, -0.1) is 0 Å². The van der Waals surface area contributed by atoms with Crippen LogP contribution in [-0.2, 0) is 11.4 Å².